The van der Waals surface area contributed by atoms with Gasteiger partial charge in [0.2, 0.25) is 0 Å². The smallest absolute Gasteiger partial charge is 0.304 e. The number of aliphatic carboxylic acids is 1. The highest BCUT2D eigenvalue weighted by molar-refractivity contribution is 7.95. The highest BCUT2D eigenvalue weighted by Gasteiger charge is 2.38. The summed E-state index contributed by atoms with van der Waals surface area (Å²) in [5, 5.41) is 8.85. The molecule has 0 aromatic heterocycles. The molecule has 0 saturated carbocycles. The molecule has 1 aliphatic heterocycles. The van der Waals surface area contributed by atoms with Crippen LogP contribution in [0.4, 0.5) is 0 Å². The fourth-order valence-corrected chi connectivity index (χ4v) is 3.38. The molecule has 1 unspecified atom stereocenters. The Morgan fingerprint density at radius 3 is 2.86 bits per heavy atom. The Hall–Kier alpha value is -0.0500. The zero-order valence-corrected chi connectivity index (χ0v) is 10.3. The first-order chi connectivity index (χ1) is 6.47. The average molecular weight is 233 g/mol. The molecule has 1 saturated heterocycles. The number of carboxylic acid groups (broad SMARTS) is 1. The molecule has 1 N–H and O–H groups in total. The molecule has 80 valence electrons. The van der Waals surface area contributed by atoms with E-state index in [1.54, 1.807) is 0 Å². The maximum atomic E-state index is 10.8. The lowest BCUT2D eigenvalue weighted by atomic mass is 9.76. The largest absolute Gasteiger partial charge is 0.481 e. The van der Waals surface area contributed by atoms with Crippen LogP contribution in [0, 0.1) is 5.41 Å². The lowest BCUT2D eigenvalue weighted by molar-refractivity contribution is -0.139. The number of carbonyl (C=O) groups is 1. The molecular weight excluding hydrogens is 217 g/mol. The summed E-state index contributed by atoms with van der Waals surface area (Å²) in [6.07, 6.45) is 2.41. The van der Waals surface area contributed by atoms with E-state index in [0.717, 1.165) is 26.9 Å². The Morgan fingerprint density at radius 1 is 1.71 bits per heavy atom. The Bertz CT molecular complexity index is 245. The molecule has 1 atom stereocenters. The molecule has 5 heteroatoms. The summed E-state index contributed by atoms with van der Waals surface area (Å²) in [4.78, 5) is 10.8. The third-order valence-electron chi connectivity index (χ3n) is 2.94. The van der Waals surface area contributed by atoms with Crippen LogP contribution in [0.5, 0.6) is 0 Å². The van der Waals surface area contributed by atoms with Gasteiger partial charge in [0.25, 0.3) is 0 Å². The first kappa shape index (κ1) is 12.0. The normalized spacial score (nSPS) is 27.7. The molecule has 14 heavy (non-hydrogen) atoms. The van der Waals surface area contributed by atoms with Gasteiger partial charge in [-0.2, -0.15) is 0 Å². The second-order valence-corrected chi connectivity index (χ2v) is 5.62. The van der Waals surface area contributed by atoms with Crippen LogP contribution in [0.2, 0.25) is 0 Å². The van der Waals surface area contributed by atoms with E-state index in [4.69, 9.17) is 16.9 Å². The van der Waals surface area contributed by atoms with Crippen LogP contribution in [0.25, 0.3) is 0 Å². The zero-order valence-electron chi connectivity index (χ0n) is 8.56. The maximum Gasteiger partial charge on any atom is 0.304 e. The Kier molecular flexibility index (Phi) is 3.99. The molecule has 1 aliphatic rings. The van der Waals surface area contributed by atoms with Crippen molar-refractivity contribution in [1.82, 2.24) is 4.67 Å². The second kappa shape index (κ2) is 4.65. The number of hydrogen-bond donors (Lipinski definition) is 1. The molecule has 0 radical (unpaired) electrons. The van der Waals surface area contributed by atoms with Crippen molar-refractivity contribution in [1.29, 1.82) is 0 Å². The number of rotatable bonds is 3. The summed E-state index contributed by atoms with van der Waals surface area (Å²) in [5.41, 5.74) is 0.0719. The van der Waals surface area contributed by atoms with Crippen LogP contribution < -0.4 is 0 Å². The summed E-state index contributed by atoms with van der Waals surface area (Å²) in [5.74, 6) is -0.728. The van der Waals surface area contributed by atoms with Crippen LogP contribution >= 0.6 is 7.51 Å². The summed E-state index contributed by atoms with van der Waals surface area (Å²) in [7, 11) is 0.779. The molecule has 1 heterocycles. The number of hydrogen-bond acceptors (Lipinski definition) is 2. The summed E-state index contributed by atoms with van der Waals surface area (Å²) in [6.45, 7) is 5.20. The molecule has 0 bridgehead atoms. The predicted molar refractivity (Wildman–Crippen MR) is 60.0 cm³/mol. The van der Waals surface area contributed by atoms with E-state index >= 15 is 0 Å². The Morgan fingerprint density at radius 2 is 2.36 bits per heavy atom. The van der Waals surface area contributed by atoms with Crippen molar-refractivity contribution in [2.75, 3.05) is 6.54 Å². The van der Waals surface area contributed by atoms with Crippen molar-refractivity contribution < 1.29 is 9.90 Å². The Labute approximate surface area is 91.4 Å². The van der Waals surface area contributed by atoms with E-state index < -0.39 is 5.97 Å². The van der Waals surface area contributed by atoms with E-state index in [1.165, 1.54) is 0 Å². The minimum atomic E-state index is -0.728. The fraction of sp³-hybridized carbons (Fsp3) is 0.889. The van der Waals surface area contributed by atoms with Crippen molar-refractivity contribution in [3.8, 4) is 0 Å². The topological polar surface area (TPSA) is 40.5 Å². The predicted octanol–water partition coefficient (Wildman–Crippen LogP) is 2.27. The van der Waals surface area contributed by atoms with Gasteiger partial charge in [0.05, 0.1) is 13.9 Å². The van der Waals surface area contributed by atoms with Crippen LogP contribution in [-0.4, -0.2) is 28.3 Å². The third-order valence-corrected chi connectivity index (χ3v) is 4.26. The number of piperidine rings is 1. The molecule has 0 aromatic carbocycles. The van der Waals surface area contributed by atoms with Gasteiger partial charge in [-0.05, 0) is 30.1 Å². The van der Waals surface area contributed by atoms with Gasteiger partial charge in [-0.1, -0.05) is 13.8 Å². The van der Waals surface area contributed by atoms with Crippen molar-refractivity contribution in [2.24, 2.45) is 5.41 Å². The summed E-state index contributed by atoms with van der Waals surface area (Å²) in [6, 6.07) is 0.0907. The highest BCUT2D eigenvalue weighted by Crippen LogP contribution is 2.39. The lowest BCUT2D eigenvalue weighted by Crippen LogP contribution is -2.46. The standard InChI is InChI=1S/C9H16NO2PS/c1-9(2)4-3-5-10(13-14)7(9)6-8(11)12/h7H,3-6H2,1-2H3,(H,11,12). The maximum absolute atomic E-state index is 10.8. The van der Waals surface area contributed by atoms with E-state index in [2.05, 4.69) is 18.5 Å². The number of carboxylic acids is 1. The van der Waals surface area contributed by atoms with Crippen molar-refractivity contribution >= 4 is 25.3 Å². The van der Waals surface area contributed by atoms with Crippen LogP contribution in [0.1, 0.15) is 33.1 Å². The van der Waals surface area contributed by atoms with Crippen LogP contribution in [-0.2, 0) is 16.6 Å². The van der Waals surface area contributed by atoms with E-state index in [0.29, 0.717) is 0 Å². The van der Waals surface area contributed by atoms with E-state index in [-0.39, 0.29) is 17.9 Å². The van der Waals surface area contributed by atoms with Gasteiger partial charge in [-0.3, -0.25) is 4.79 Å². The summed E-state index contributed by atoms with van der Waals surface area (Å²) < 4.78 is 2.09. The van der Waals surface area contributed by atoms with E-state index in [1.807, 2.05) is 0 Å². The van der Waals surface area contributed by atoms with Gasteiger partial charge in [0.1, 0.15) is 0 Å². The molecule has 0 spiro atoms. The first-order valence-electron chi connectivity index (χ1n) is 4.79. The first-order valence-corrected chi connectivity index (χ1v) is 6.65. The third kappa shape index (κ3) is 2.72. The SMILES string of the molecule is CC1(C)CCCN(P=S)C1CC(=O)O. The van der Waals surface area contributed by atoms with Gasteiger partial charge in [-0.15, -0.1) is 0 Å². The molecule has 3 nitrogen and oxygen atoms in total. The van der Waals surface area contributed by atoms with Gasteiger partial charge < -0.3 is 5.11 Å². The minimum Gasteiger partial charge on any atom is -0.481 e. The number of nitrogens with zero attached hydrogens (tertiary/aromatic N) is 1. The minimum absolute atomic E-state index is 0.0719. The fourth-order valence-electron chi connectivity index (χ4n) is 2.07. The van der Waals surface area contributed by atoms with Crippen LogP contribution in [0.15, 0.2) is 0 Å². The van der Waals surface area contributed by atoms with Gasteiger partial charge in [0.15, 0.2) is 0 Å². The molecule has 0 amide bonds. The van der Waals surface area contributed by atoms with Gasteiger partial charge in [0, 0.05) is 12.6 Å². The molecule has 0 aromatic rings. The van der Waals surface area contributed by atoms with Crippen molar-refractivity contribution in [2.45, 2.75) is 39.2 Å². The van der Waals surface area contributed by atoms with E-state index in [9.17, 15) is 4.79 Å². The molecule has 1 fully saturated rings. The van der Waals surface area contributed by atoms with Crippen molar-refractivity contribution in [3.63, 3.8) is 0 Å². The Balaban J connectivity index is 2.78. The van der Waals surface area contributed by atoms with Crippen LogP contribution in [0.3, 0.4) is 0 Å². The van der Waals surface area contributed by atoms with Crippen molar-refractivity contribution in [3.05, 3.63) is 0 Å². The molecular formula is C9H16NO2PS. The highest BCUT2D eigenvalue weighted by atomic mass is 32.4. The second-order valence-electron chi connectivity index (χ2n) is 4.45. The molecule has 0 aliphatic carbocycles. The molecule has 1 rings (SSSR count). The zero-order chi connectivity index (χ0) is 10.8. The quantitative estimate of drug-likeness (QED) is 0.759. The summed E-state index contributed by atoms with van der Waals surface area (Å²) >= 11 is 5.01. The van der Waals surface area contributed by atoms with Gasteiger partial charge in [-0.25, -0.2) is 4.67 Å². The monoisotopic (exact) mass is 233 g/mol. The lowest BCUT2D eigenvalue weighted by Gasteiger charge is -2.43. The average Bonchev–Trinajstić information content (AvgIpc) is 2.07. The van der Waals surface area contributed by atoms with Gasteiger partial charge >= 0.3 is 5.97 Å².